The molecule has 0 amide bonds. The van der Waals surface area contributed by atoms with Gasteiger partial charge in [-0.1, -0.05) is 128 Å². The van der Waals surface area contributed by atoms with E-state index in [1.165, 1.54) is 38.5 Å². The molecule has 0 aromatic carbocycles. The molecule has 0 fully saturated rings. The Morgan fingerprint density at radius 3 is 1.20 bits per heavy atom. The number of ketones is 2. The second kappa shape index (κ2) is 32.2. The van der Waals surface area contributed by atoms with Crippen LogP contribution < -0.4 is 0 Å². The molecule has 0 aliphatic rings. The van der Waals surface area contributed by atoms with E-state index >= 15 is 0 Å². The summed E-state index contributed by atoms with van der Waals surface area (Å²) < 4.78 is 0. The van der Waals surface area contributed by atoms with E-state index in [0.717, 1.165) is 89.9 Å². The number of aliphatic hydroxyl groups is 5. The van der Waals surface area contributed by atoms with Crippen molar-refractivity contribution in [2.45, 2.75) is 211 Å². The SMILES string of the molecule is CCCCCC[C@@H](O)C/C=C\CCCCCCCC(=O)C(O)C(O)C(O)C(=O)CCCCCCC/C=C\C[C@H](O)CCCCCC. The van der Waals surface area contributed by atoms with Crippen molar-refractivity contribution in [1.29, 1.82) is 0 Å². The summed E-state index contributed by atoms with van der Waals surface area (Å²) >= 11 is 0. The molecular formula is C39H72O7. The van der Waals surface area contributed by atoms with Crippen molar-refractivity contribution in [3.05, 3.63) is 24.3 Å². The molecule has 0 aliphatic carbocycles. The van der Waals surface area contributed by atoms with E-state index in [0.29, 0.717) is 25.7 Å². The Bertz CT molecular complexity index is 703. The first kappa shape index (κ1) is 44.6. The third kappa shape index (κ3) is 26.7. The summed E-state index contributed by atoms with van der Waals surface area (Å²) in [6.45, 7) is 4.37. The molecule has 270 valence electrons. The molecule has 0 bridgehead atoms. The van der Waals surface area contributed by atoms with E-state index in [1.807, 2.05) is 0 Å². The van der Waals surface area contributed by atoms with Gasteiger partial charge in [0.15, 0.2) is 11.6 Å². The number of unbranched alkanes of at least 4 members (excludes halogenated alkanes) is 16. The lowest BCUT2D eigenvalue weighted by Crippen LogP contribution is -2.45. The molecule has 2 unspecified atom stereocenters. The zero-order valence-electron chi connectivity index (χ0n) is 29.6. The number of hydrogen-bond acceptors (Lipinski definition) is 7. The predicted molar refractivity (Wildman–Crippen MR) is 190 cm³/mol. The van der Waals surface area contributed by atoms with Gasteiger partial charge in [-0.3, -0.25) is 9.59 Å². The van der Waals surface area contributed by atoms with Gasteiger partial charge in [0.2, 0.25) is 0 Å². The number of carbonyl (C=O) groups is 2. The monoisotopic (exact) mass is 653 g/mol. The van der Waals surface area contributed by atoms with Crippen molar-refractivity contribution in [2.75, 3.05) is 0 Å². The maximum Gasteiger partial charge on any atom is 0.164 e. The first-order valence-electron chi connectivity index (χ1n) is 19.0. The van der Waals surface area contributed by atoms with E-state index in [2.05, 4.69) is 38.2 Å². The van der Waals surface area contributed by atoms with Gasteiger partial charge in [-0.05, 0) is 64.2 Å². The Labute approximate surface area is 282 Å². The van der Waals surface area contributed by atoms with Crippen molar-refractivity contribution in [3.63, 3.8) is 0 Å². The van der Waals surface area contributed by atoms with Crippen molar-refractivity contribution in [1.82, 2.24) is 0 Å². The maximum atomic E-state index is 12.3. The fraction of sp³-hybridized carbons (Fsp3) is 0.846. The number of allylic oxidation sites excluding steroid dienone is 2. The molecule has 0 aromatic heterocycles. The molecule has 0 aliphatic heterocycles. The molecule has 7 nitrogen and oxygen atoms in total. The summed E-state index contributed by atoms with van der Waals surface area (Å²) in [5, 5.41) is 50.6. The number of rotatable bonds is 34. The van der Waals surface area contributed by atoms with Gasteiger partial charge in [0.1, 0.15) is 18.3 Å². The number of hydrogen-bond donors (Lipinski definition) is 5. The highest BCUT2D eigenvalue weighted by molar-refractivity contribution is 5.87. The van der Waals surface area contributed by atoms with Crippen molar-refractivity contribution >= 4 is 11.6 Å². The van der Waals surface area contributed by atoms with Gasteiger partial charge in [-0.2, -0.15) is 0 Å². The van der Waals surface area contributed by atoms with Crippen LogP contribution >= 0.6 is 0 Å². The van der Waals surface area contributed by atoms with Crippen LogP contribution in [0, 0.1) is 0 Å². The predicted octanol–water partition coefficient (Wildman–Crippen LogP) is 8.22. The Hall–Kier alpha value is -1.38. The minimum atomic E-state index is -1.79. The second-order valence-electron chi connectivity index (χ2n) is 13.3. The minimum absolute atomic E-state index is 0.115. The summed E-state index contributed by atoms with van der Waals surface area (Å²) in [5.74, 6) is -1.07. The average molecular weight is 653 g/mol. The van der Waals surface area contributed by atoms with Crippen LogP contribution in [0.15, 0.2) is 24.3 Å². The van der Waals surface area contributed by atoms with Crippen LogP contribution in [0.5, 0.6) is 0 Å². The summed E-state index contributed by atoms with van der Waals surface area (Å²) in [6, 6.07) is 0. The molecule has 0 aromatic rings. The summed E-state index contributed by atoms with van der Waals surface area (Å²) in [4.78, 5) is 24.6. The maximum absolute atomic E-state index is 12.3. The van der Waals surface area contributed by atoms with Gasteiger partial charge in [0.25, 0.3) is 0 Å². The Balaban J connectivity index is 3.84. The minimum Gasteiger partial charge on any atom is -0.393 e. The lowest BCUT2D eigenvalue weighted by molar-refractivity contribution is -0.146. The van der Waals surface area contributed by atoms with Crippen molar-refractivity contribution in [3.8, 4) is 0 Å². The van der Waals surface area contributed by atoms with Crippen molar-refractivity contribution in [2.24, 2.45) is 0 Å². The molecule has 7 heteroatoms. The van der Waals surface area contributed by atoms with Crippen LogP contribution in [0.25, 0.3) is 0 Å². The van der Waals surface area contributed by atoms with Gasteiger partial charge in [0, 0.05) is 12.8 Å². The van der Waals surface area contributed by atoms with Gasteiger partial charge in [-0.25, -0.2) is 0 Å². The molecule has 0 saturated heterocycles. The van der Waals surface area contributed by atoms with E-state index in [-0.39, 0.29) is 25.0 Å². The molecule has 5 N–H and O–H groups in total. The lowest BCUT2D eigenvalue weighted by Gasteiger charge is -2.21. The molecule has 46 heavy (non-hydrogen) atoms. The molecule has 0 rings (SSSR count). The average Bonchev–Trinajstić information content (AvgIpc) is 3.05. The zero-order valence-corrected chi connectivity index (χ0v) is 29.6. The summed E-state index contributed by atoms with van der Waals surface area (Å²) in [5.41, 5.74) is 0. The van der Waals surface area contributed by atoms with E-state index in [4.69, 9.17) is 0 Å². The van der Waals surface area contributed by atoms with E-state index < -0.39 is 29.9 Å². The van der Waals surface area contributed by atoms with Crippen LogP contribution in [-0.4, -0.2) is 67.6 Å². The van der Waals surface area contributed by atoms with Gasteiger partial charge in [-0.15, -0.1) is 0 Å². The number of carbonyl (C=O) groups excluding carboxylic acids is 2. The van der Waals surface area contributed by atoms with Crippen LogP contribution in [0.3, 0.4) is 0 Å². The van der Waals surface area contributed by atoms with Crippen LogP contribution in [-0.2, 0) is 9.59 Å². The molecular weight excluding hydrogens is 580 g/mol. The van der Waals surface area contributed by atoms with Gasteiger partial charge < -0.3 is 25.5 Å². The second-order valence-corrected chi connectivity index (χ2v) is 13.3. The van der Waals surface area contributed by atoms with Crippen LogP contribution in [0.2, 0.25) is 0 Å². The highest BCUT2D eigenvalue weighted by Gasteiger charge is 2.33. The highest BCUT2D eigenvalue weighted by atomic mass is 16.4. The first-order chi connectivity index (χ1) is 22.2. The normalized spacial score (nSPS) is 15.4. The fourth-order valence-corrected chi connectivity index (χ4v) is 5.62. The number of aliphatic hydroxyl groups excluding tert-OH is 5. The lowest BCUT2D eigenvalue weighted by atomic mass is 9.95. The standard InChI is InChI=1S/C39H72O7/c1-3-5-7-21-27-33(40)29-23-17-13-9-11-15-19-25-31-35(42)37(44)39(46)38(45)36(43)32-26-20-16-12-10-14-18-24-30-34(41)28-22-8-6-4-2/h17-18,23-24,33-34,37-41,44-46H,3-16,19-22,25-32H2,1-2H3/b23-17-,24-18-/t33-,34-,37?,38?,39?/m1/s1. The molecule has 0 spiro atoms. The van der Waals surface area contributed by atoms with Crippen LogP contribution in [0.1, 0.15) is 181 Å². The quantitative estimate of drug-likeness (QED) is 0.0349. The highest BCUT2D eigenvalue weighted by Crippen LogP contribution is 2.15. The largest absolute Gasteiger partial charge is 0.393 e. The summed E-state index contributed by atoms with van der Waals surface area (Å²) in [7, 11) is 0. The van der Waals surface area contributed by atoms with Gasteiger partial charge >= 0.3 is 0 Å². The van der Waals surface area contributed by atoms with Crippen LogP contribution in [0.4, 0.5) is 0 Å². The third-order valence-corrected chi connectivity index (χ3v) is 8.83. The number of Topliss-reactive ketones (excluding diaryl/α,β-unsaturated/α-hetero) is 2. The Morgan fingerprint density at radius 1 is 0.457 bits per heavy atom. The van der Waals surface area contributed by atoms with E-state index in [9.17, 15) is 35.1 Å². The zero-order chi connectivity index (χ0) is 34.3. The summed E-state index contributed by atoms with van der Waals surface area (Å²) in [6.07, 6.45) is 26.5. The van der Waals surface area contributed by atoms with E-state index in [1.54, 1.807) is 0 Å². The fourth-order valence-electron chi connectivity index (χ4n) is 5.62. The first-order valence-corrected chi connectivity index (χ1v) is 19.0. The molecule has 0 radical (unpaired) electrons. The third-order valence-electron chi connectivity index (χ3n) is 8.83. The molecule has 0 heterocycles. The molecule has 4 atom stereocenters. The van der Waals surface area contributed by atoms with Crippen molar-refractivity contribution < 1.29 is 35.1 Å². The smallest absolute Gasteiger partial charge is 0.164 e. The topological polar surface area (TPSA) is 135 Å². The van der Waals surface area contributed by atoms with Gasteiger partial charge in [0.05, 0.1) is 12.2 Å². The molecule has 0 saturated carbocycles. The Kier molecular flexibility index (Phi) is 31.2. The Morgan fingerprint density at radius 2 is 0.804 bits per heavy atom.